The van der Waals surface area contributed by atoms with Gasteiger partial charge in [0.2, 0.25) is 5.91 Å². The number of nitrogens with zero attached hydrogens (tertiary/aromatic N) is 1. The molecular formula is C20H26N2OS. The van der Waals surface area contributed by atoms with Gasteiger partial charge in [-0.05, 0) is 45.1 Å². The lowest BCUT2D eigenvalue weighted by Crippen LogP contribution is -2.43. The topological polar surface area (TPSA) is 32.3 Å². The fourth-order valence-electron chi connectivity index (χ4n) is 2.44. The number of carbonyl (C=O) groups is 1. The molecular weight excluding hydrogens is 316 g/mol. The van der Waals surface area contributed by atoms with Crippen LogP contribution in [-0.4, -0.2) is 42.7 Å². The lowest BCUT2D eigenvalue weighted by Gasteiger charge is -2.25. The molecule has 0 heterocycles. The van der Waals surface area contributed by atoms with Crippen molar-refractivity contribution in [3.8, 4) is 0 Å². The van der Waals surface area contributed by atoms with Gasteiger partial charge in [0.25, 0.3) is 0 Å². The maximum Gasteiger partial charge on any atom is 0.233 e. The van der Waals surface area contributed by atoms with Crippen molar-refractivity contribution >= 4 is 17.7 Å². The SMILES string of the molecule is CC(Sc1ccccc1)C(=O)NCC(Cc1ccccc1)N(C)C. The first-order chi connectivity index (χ1) is 11.6. The molecule has 0 aliphatic heterocycles. The van der Waals surface area contributed by atoms with Gasteiger partial charge in [0.15, 0.2) is 0 Å². The van der Waals surface area contributed by atoms with Crippen LogP contribution < -0.4 is 5.32 Å². The first-order valence-electron chi connectivity index (χ1n) is 8.26. The standard InChI is InChI=1S/C20H26N2OS/c1-16(24-19-12-8-5-9-13-19)20(23)21-15-18(22(2)3)14-17-10-6-4-7-11-17/h4-13,16,18H,14-15H2,1-3H3,(H,21,23). The predicted octanol–water partition coefficient (Wildman–Crippen LogP) is 3.46. The van der Waals surface area contributed by atoms with E-state index in [4.69, 9.17) is 0 Å². The maximum atomic E-state index is 12.4. The first kappa shape index (κ1) is 18.6. The zero-order chi connectivity index (χ0) is 17.4. The molecule has 2 aromatic rings. The second-order valence-corrected chi connectivity index (χ2v) is 7.54. The van der Waals surface area contributed by atoms with E-state index >= 15 is 0 Å². The third kappa shape index (κ3) is 6.02. The molecule has 2 rings (SSSR count). The maximum absolute atomic E-state index is 12.4. The molecule has 128 valence electrons. The van der Waals surface area contributed by atoms with Crippen LogP contribution in [0.4, 0.5) is 0 Å². The fourth-order valence-corrected chi connectivity index (χ4v) is 3.36. The van der Waals surface area contributed by atoms with Gasteiger partial charge in [-0.25, -0.2) is 0 Å². The Balaban J connectivity index is 1.85. The lowest BCUT2D eigenvalue weighted by molar-refractivity contribution is -0.120. The van der Waals surface area contributed by atoms with E-state index in [1.807, 2.05) is 43.3 Å². The Morgan fingerprint density at radius 3 is 2.21 bits per heavy atom. The van der Waals surface area contributed by atoms with Crippen LogP contribution in [0, 0.1) is 0 Å². The van der Waals surface area contributed by atoms with Crippen molar-refractivity contribution in [2.45, 2.75) is 29.5 Å². The molecule has 0 aliphatic rings. The van der Waals surface area contributed by atoms with Crippen LogP contribution in [0.25, 0.3) is 0 Å². The largest absolute Gasteiger partial charge is 0.354 e. The van der Waals surface area contributed by atoms with Crippen molar-refractivity contribution in [3.63, 3.8) is 0 Å². The summed E-state index contributed by atoms with van der Waals surface area (Å²) in [5.41, 5.74) is 1.29. The molecule has 0 saturated heterocycles. The van der Waals surface area contributed by atoms with Gasteiger partial charge < -0.3 is 10.2 Å². The van der Waals surface area contributed by atoms with Crippen molar-refractivity contribution in [2.75, 3.05) is 20.6 Å². The Morgan fingerprint density at radius 2 is 1.62 bits per heavy atom. The molecule has 0 fully saturated rings. The number of benzene rings is 2. The second kappa shape index (κ2) is 9.50. The molecule has 0 spiro atoms. The Kier molecular flexibility index (Phi) is 7.35. The Hall–Kier alpha value is -1.78. The molecule has 2 unspecified atom stereocenters. The highest BCUT2D eigenvalue weighted by molar-refractivity contribution is 8.00. The number of amides is 1. The number of likely N-dealkylation sites (N-methyl/N-ethyl adjacent to an activating group) is 1. The normalized spacial score (nSPS) is 13.5. The average molecular weight is 343 g/mol. The highest BCUT2D eigenvalue weighted by Crippen LogP contribution is 2.22. The van der Waals surface area contributed by atoms with E-state index in [1.54, 1.807) is 11.8 Å². The van der Waals surface area contributed by atoms with Gasteiger partial charge in [-0.15, -0.1) is 11.8 Å². The Labute approximate surface area is 149 Å². The molecule has 2 atom stereocenters. The molecule has 4 heteroatoms. The summed E-state index contributed by atoms with van der Waals surface area (Å²) in [7, 11) is 4.11. The van der Waals surface area contributed by atoms with Gasteiger partial charge >= 0.3 is 0 Å². The quantitative estimate of drug-likeness (QED) is 0.746. The van der Waals surface area contributed by atoms with Gasteiger partial charge in [-0.2, -0.15) is 0 Å². The van der Waals surface area contributed by atoms with Gasteiger partial charge in [-0.3, -0.25) is 4.79 Å². The summed E-state index contributed by atoms with van der Waals surface area (Å²) in [6, 6.07) is 20.7. The van der Waals surface area contributed by atoms with E-state index < -0.39 is 0 Å². The van der Waals surface area contributed by atoms with Crippen LogP contribution in [0.2, 0.25) is 0 Å². The van der Waals surface area contributed by atoms with Crippen molar-refractivity contribution < 1.29 is 4.79 Å². The molecule has 0 bridgehead atoms. The molecule has 3 nitrogen and oxygen atoms in total. The molecule has 0 aliphatic carbocycles. The van der Waals surface area contributed by atoms with E-state index in [0.717, 1.165) is 11.3 Å². The number of thioether (sulfide) groups is 1. The zero-order valence-corrected chi connectivity index (χ0v) is 15.4. The van der Waals surface area contributed by atoms with Crippen LogP contribution in [0.5, 0.6) is 0 Å². The second-order valence-electron chi connectivity index (χ2n) is 6.13. The van der Waals surface area contributed by atoms with Crippen molar-refractivity contribution in [1.29, 1.82) is 0 Å². The Morgan fingerprint density at radius 1 is 1.04 bits per heavy atom. The number of hydrogen-bond acceptors (Lipinski definition) is 3. The lowest BCUT2D eigenvalue weighted by atomic mass is 10.1. The number of hydrogen-bond donors (Lipinski definition) is 1. The number of carbonyl (C=O) groups excluding carboxylic acids is 1. The highest BCUT2D eigenvalue weighted by Gasteiger charge is 2.17. The van der Waals surface area contributed by atoms with E-state index in [1.165, 1.54) is 5.56 Å². The summed E-state index contributed by atoms with van der Waals surface area (Å²) in [6.45, 7) is 2.61. The van der Waals surface area contributed by atoms with Gasteiger partial charge in [-0.1, -0.05) is 48.5 Å². The van der Waals surface area contributed by atoms with E-state index in [0.29, 0.717) is 6.54 Å². The molecule has 0 aromatic heterocycles. The molecule has 0 radical (unpaired) electrons. The summed E-state index contributed by atoms with van der Waals surface area (Å²) < 4.78 is 0. The van der Waals surface area contributed by atoms with Crippen LogP contribution in [0.3, 0.4) is 0 Å². The number of rotatable bonds is 8. The smallest absolute Gasteiger partial charge is 0.233 e. The minimum Gasteiger partial charge on any atom is -0.354 e. The zero-order valence-electron chi connectivity index (χ0n) is 14.6. The fraction of sp³-hybridized carbons (Fsp3) is 0.350. The van der Waals surface area contributed by atoms with Gasteiger partial charge in [0.1, 0.15) is 0 Å². The molecule has 1 N–H and O–H groups in total. The Bertz CT molecular complexity index is 616. The predicted molar refractivity (Wildman–Crippen MR) is 102 cm³/mol. The van der Waals surface area contributed by atoms with Crippen LogP contribution in [0.1, 0.15) is 12.5 Å². The van der Waals surface area contributed by atoms with Gasteiger partial charge in [0.05, 0.1) is 5.25 Å². The van der Waals surface area contributed by atoms with Crippen molar-refractivity contribution in [3.05, 3.63) is 66.2 Å². The average Bonchev–Trinajstić information content (AvgIpc) is 2.59. The summed E-state index contributed by atoms with van der Waals surface area (Å²) >= 11 is 1.59. The van der Waals surface area contributed by atoms with Crippen molar-refractivity contribution in [2.24, 2.45) is 0 Å². The summed E-state index contributed by atoms with van der Waals surface area (Å²) in [6.07, 6.45) is 0.925. The summed E-state index contributed by atoms with van der Waals surface area (Å²) in [4.78, 5) is 15.7. The van der Waals surface area contributed by atoms with E-state index in [-0.39, 0.29) is 17.2 Å². The third-order valence-corrected chi connectivity index (χ3v) is 5.09. The van der Waals surface area contributed by atoms with Gasteiger partial charge in [0, 0.05) is 17.5 Å². The summed E-state index contributed by atoms with van der Waals surface area (Å²) in [5, 5.41) is 3.00. The minimum atomic E-state index is -0.105. The van der Waals surface area contributed by atoms with Crippen LogP contribution >= 0.6 is 11.8 Å². The van der Waals surface area contributed by atoms with E-state index in [2.05, 4.69) is 48.6 Å². The van der Waals surface area contributed by atoms with Crippen molar-refractivity contribution in [1.82, 2.24) is 10.2 Å². The molecule has 1 amide bonds. The third-order valence-electron chi connectivity index (χ3n) is 3.98. The van der Waals surface area contributed by atoms with Crippen LogP contribution in [0.15, 0.2) is 65.6 Å². The molecule has 24 heavy (non-hydrogen) atoms. The van der Waals surface area contributed by atoms with Crippen LogP contribution in [-0.2, 0) is 11.2 Å². The van der Waals surface area contributed by atoms with E-state index in [9.17, 15) is 4.79 Å². The molecule has 2 aromatic carbocycles. The monoisotopic (exact) mass is 342 g/mol. The highest BCUT2D eigenvalue weighted by atomic mass is 32.2. The molecule has 0 saturated carbocycles. The summed E-state index contributed by atoms with van der Waals surface area (Å²) in [5.74, 6) is 0.0868. The number of nitrogens with one attached hydrogen (secondary N) is 1. The minimum absolute atomic E-state index is 0.0868. The first-order valence-corrected chi connectivity index (χ1v) is 9.14.